The average molecular weight is 507 g/mol. The minimum atomic E-state index is -0.382. The molecule has 1 aromatic carbocycles. The fourth-order valence-electron chi connectivity index (χ4n) is 4.99. The number of ether oxygens (including phenoxy) is 1. The second-order valence-corrected chi connectivity index (χ2v) is 10.1. The number of fused-ring (bicyclic) bond motifs is 1. The van der Waals surface area contributed by atoms with E-state index in [1.807, 2.05) is 11.8 Å². The highest BCUT2D eigenvalue weighted by atomic mass is 16.6. The van der Waals surface area contributed by atoms with Crippen molar-refractivity contribution in [1.29, 1.82) is 0 Å². The second-order valence-electron chi connectivity index (χ2n) is 10.1. The van der Waals surface area contributed by atoms with E-state index in [1.165, 1.54) is 16.5 Å². The van der Waals surface area contributed by atoms with Crippen LogP contribution in [0.5, 0.6) is 0 Å². The average Bonchev–Trinajstić information content (AvgIpc) is 2.91. The lowest BCUT2D eigenvalue weighted by Gasteiger charge is -2.40. The van der Waals surface area contributed by atoms with Crippen molar-refractivity contribution in [3.63, 3.8) is 0 Å². The highest BCUT2D eigenvalue weighted by molar-refractivity contribution is 5.89. The Bertz CT molecular complexity index is 1110. The van der Waals surface area contributed by atoms with Gasteiger partial charge in [-0.15, -0.1) is 0 Å². The SMILES string of the molecule is C=CC(=O)N1CCN([C@H](CC(C)C)c2ccc([C@H](C)Nc3ncc4c(n3)N(CC)C(=O)OC4)cc2)CC1. The topological polar surface area (TPSA) is 90.9 Å². The van der Waals surface area contributed by atoms with Crippen LogP contribution in [-0.4, -0.2) is 64.5 Å². The summed E-state index contributed by atoms with van der Waals surface area (Å²) >= 11 is 0. The Morgan fingerprint density at radius 3 is 2.43 bits per heavy atom. The molecule has 0 bridgehead atoms. The first-order chi connectivity index (χ1) is 17.8. The van der Waals surface area contributed by atoms with Crippen LogP contribution in [0.2, 0.25) is 0 Å². The maximum absolute atomic E-state index is 12.1. The molecule has 198 valence electrons. The van der Waals surface area contributed by atoms with Crippen LogP contribution >= 0.6 is 0 Å². The Balaban J connectivity index is 1.45. The van der Waals surface area contributed by atoms with Crippen LogP contribution in [0.15, 0.2) is 43.1 Å². The quantitative estimate of drug-likeness (QED) is 0.499. The van der Waals surface area contributed by atoms with Gasteiger partial charge in [-0.2, -0.15) is 4.98 Å². The van der Waals surface area contributed by atoms with Gasteiger partial charge in [0.05, 0.1) is 11.6 Å². The zero-order valence-corrected chi connectivity index (χ0v) is 22.3. The Hall–Kier alpha value is -3.46. The molecule has 1 N–H and O–H groups in total. The lowest BCUT2D eigenvalue weighted by Crippen LogP contribution is -2.49. The molecular formula is C28H38N6O3. The predicted molar refractivity (Wildman–Crippen MR) is 144 cm³/mol. The highest BCUT2D eigenvalue weighted by Gasteiger charge is 2.28. The summed E-state index contributed by atoms with van der Waals surface area (Å²) in [4.78, 5) is 39.0. The van der Waals surface area contributed by atoms with Crippen LogP contribution in [0.25, 0.3) is 0 Å². The van der Waals surface area contributed by atoms with Gasteiger partial charge >= 0.3 is 6.09 Å². The van der Waals surface area contributed by atoms with E-state index < -0.39 is 0 Å². The van der Waals surface area contributed by atoms with Crippen LogP contribution in [-0.2, 0) is 16.1 Å². The molecule has 0 aliphatic carbocycles. The van der Waals surface area contributed by atoms with Crippen LogP contribution in [0, 0.1) is 5.92 Å². The number of rotatable bonds is 9. The first kappa shape index (κ1) is 26.6. The Morgan fingerprint density at radius 2 is 1.81 bits per heavy atom. The maximum Gasteiger partial charge on any atom is 0.415 e. The van der Waals surface area contributed by atoms with Gasteiger partial charge in [-0.3, -0.25) is 14.6 Å². The summed E-state index contributed by atoms with van der Waals surface area (Å²) in [5, 5.41) is 3.38. The molecule has 1 saturated heterocycles. The molecule has 2 amide bonds. The number of carbonyl (C=O) groups is 2. The van der Waals surface area contributed by atoms with Gasteiger partial charge in [-0.25, -0.2) is 9.78 Å². The number of benzene rings is 1. The van der Waals surface area contributed by atoms with E-state index >= 15 is 0 Å². The summed E-state index contributed by atoms with van der Waals surface area (Å²) in [6, 6.07) is 9.03. The van der Waals surface area contributed by atoms with Crippen LogP contribution in [0.4, 0.5) is 16.6 Å². The molecule has 9 heteroatoms. The van der Waals surface area contributed by atoms with Crippen molar-refractivity contribution < 1.29 is 14.3 Å². The van der Waals surface area contributed by atoms with Crippen molar-refractivity contribution >= 4 is 23.8 Å². The third-order valence-corrected chi connectivity index (χ3v) is 7.09. The minimum absolute atomic E-state index is 0.0103. The van der Waals surface area contributed by atoms with E-state index in [4.69, 9.17) is 4.74 Å². The monoisotopic (exact) mass is 506 g/mol. The molecular weight excluding hydrogens is 468 g/mol. The molecule has 2 atom stereocenters. The summed E-state index contributed by atoms with van der Waals surface area (Å²) < 4.78 is 5.18. The third-order valence-electron chi connectivity index (χ3n) is 7.09. The van der Waals surface area contributed by atoms with E-state index in [1.54, 1.807) is 6.20 Å². The van der Waals surface area contributed by atoms with Crippen molar-refractivity contribution in [3.05, 3.63) is 59.8 Å². The Kier molecular flexibility index (Phi) is 8.43. The lowest BCUT2D eigenvalue weighted by atomic mass is 9.93. The van der Waals surface area contributed by atoms with E-state index in [0.717, 1.165) is 43.7 Å². The molecule has 0 radical (unpaired) electrons. The molecule has 1 fully saturated rings. The zero-order chi connectivity index (χ0) is 26.5. The normalized spacial score (nSPS) is 17.7. The molecule has 4 rings (SSSR count). The van der Waals surface area contributed by atoms with Crippen molar-refractivity contribution in [2.24, 2.45) is 5.92 Å². The predicted octanol–water partition coefficient (Wildman–Crippen LogP) is 4.54. The van der Waals surface area contributed by atoms with Crippen LogP contribution in [0.1, 0.15) is 62.9 Å². The van der Waals surface area contributed by atoms with Gasteiger partial charge in [0.25, 0.3) is 0 Å². The summed E-state index contributed by atoms with van der Waals surface area (Å²) in [5.74, 6) is 1.65. The number of piperazine rings is 1. The summed E-state index contributed by atoms with van der Waals surface area (Å²) in [7, 11) is 0. The van der Waals surface area contributed by atoms with Gasteiger partial charge in [-0.1, -0.05) is 44.7 Å². The van der Waals surface area contributed by atoms with Crippen molar-refractivity contribution in [3.8, 4) is 0 Å². The molecule has 37 heavy (non-hydrogen) atoms. The number of hydrogen-bond acceptors (Lipinski definition) is 7. The minimum Gasteiger partial charge on any atom is -0.444 e. The van der Waals surface area contributed by atoms with Crippen molar-refractivity contribution in [2.45, 2.75) is 52.8 Å². The van der Waals surface area contributed by atoms with Gasteiger partial charge in [0.15, 0.2) is 0 Å². The Morgan fingerprint density at radius 1 is 1.14 bits per heavy atom. The number of hydrogen-bond donors (Lipinski definition) is 1. The summed E-state index contributed by atoms with van der Waals surface area (Å²) in [5.41, 5.74) is 3.21. The number of amides is 2. The van der Waals surface area contributed by atoms with Crippen molar-refractivity contribution in [2.75, 3.05) is 42.9 Å². The summed E-state index contributed by atoms with van der Waals surface area (Å²) in [6.45, 7) is 15.9. The van der Waals surface area contributed by atoms with Gasteiger partial charge in [0.2, 0.25) is 11.9 Å². The number of carbonyl (C=O) groups excluding carboxylic acids is 2. The van der Waals surface area contributed by atoms with Crippen LogP contribution in [0.3, 0.4) is 0 Å². The van der Waals surface area contributed by atoms with E-state index in [9.17, 15) is 9.59 Å². The molecule has 2 aromatic rings. The maximum atomic E-state index is 12.1. The van der Waals surface area contributed by atoms with E-state index in [-0.39, 0.29) is 24.6 Å². The first-order valence-corrected chi connectivity index (χ1v) is 13.1. The first-order valence-electron chi connectivity index (χ1n) is 13.1. The van der Waals surface area contributed by atoms with Crippen LogP contribution < -0.4 is 10.2 Å². The number of anilines is 2. The van der Waals surface area contributed by atoms with Gasteiger partial charge < -0.3 is 15.0 Å². The summed E-state index contributed by atoms with van der Waals surface area (Å²) in [6.07, 6.45) is 3.79. The van der Waals surface area contributed by atoms with E-state index in [2.05, 4.69) is 71.8 Å². The van der Waals surface area contributed by atoms with E-state index in [0.29, 0.717) is 30.3 Å². The standard InChI is InChI=1S/C28H38N6O3/c1-6-25(35)33-14-12-32(13-15-33)24(16-19(3)4)22-10-8-21(9-11-22)20(5)30-27-29-17-23-18-37-28(36)34(7-2)26(23)31-27/h6,8-11,17,19-20,24H,1,7,12-16,18H2,2-5H3,(H,29,30,31)/t20-,24+/m0/s1. The molecule has 0 spiro atoms. The zero-order valence-electron chi connectivity index (χ0n) is 22.3. The lowest BCUT2D eigenvalue weighted by molar-refractivity contribution is -0.128. The molecule has 0 saturated carbocycles. The molecule has 0 unspecified atom stereocenters. The molecule has 3 heterocycles. The smallest absolute Gasteiger partial charge is 0.415 e. The van der Waals surface area contributed by atoms with Gasteiger partial charge in [-0.05, 0) is 43.4 Å². The van der Waals surface area contributed by atoms with Gasteiger partial charge in [0, 0.05) is 45.0 Å². The van der Waals surface area contributed by atoms with Crippen molar-refractivity contribution in [1.82, 2.24) is 19.8 Å². The fraction of sp³-hybridized carbons (Fsp3) is 0.500. The Labute approximate surface area is 219 Å². The third kappa shape index (κ3) is 6.10. The number of nitrogens with zero attached hydrogens (tertiary/aromatic N) is 5. The molecule has 2 aliphatic heterocycles. The fourth-order valence-corrected chi connectivity index (χ4v) is 4.99. The largest absolute Gasteiger partial charge is 0.444 e. The molecule has 9 nitrogen and oxygen atoms in total. The molecule has 2 aliphatic rings. The second kappa shape index (κ2) is 11.7. The number of cyclic esters (lactones) is 1. The number of nitrogens with one attached hydrogen (secondary N) is 1. The number of aromatic nitrogens is 2. The van der Waals surface area contributed by atoms with Gasteiger partial charge in [0.1, 0.15) is 12.4 Å². The molecule has 1 aromatic heterocycles. The highest BCUT2D eigenvalue weighted by Crippen LogP contribution is 2.31.